The van der Waals surface area contributed by atoms with Crippen LogP contribution in [0.5, 0.6) is 0 Å². The van der Waals surface area contributed by atoms with Gasteiger partial charge in [-0.1, -0.05) is 39.0 Å². The number of hydrogen-bond acceptors (Lipinski definition) is 2. The molecule has 0 aliphatic rings. The molecular weight excluding hydrogens is 210 g/mol. The van der Waals surface area contributed by atoms with Crippen LogP contribution in [0.2, 0.25) is 0 Å². The summed E-state index contributed by atoms with van der Waals surface area (Å²) in [4.78, 5) is 4.11. The SMILES string of the molecule is CC(C)(C)CC(O)c1cccc2cnccc12. The topological polar surface area (TPSA) is 33.1 Å². The van der Waals surface area contributed by atoms with Crippen molar-refractivity contribution in [2.24, 2.45) is 5.41 Å². The van der Waals surface area contributed by atoms with Gasteiger partial charge in [0.2, 0.25) is 0 Å². The first-order valence-electron chi connectivity index (χ1n) is 5.98. The lowest BCUT2D eigenvalue weighted by Gasteiger charge is -2.23. The summed E-state index contributed by atoms with van der Waals surface area (Å²) in [5.74, 6) is 0. The van der Waals surface area contributed by atoms with Crippen LogP contribution in [-0.4, -0.2) is 10.1 Å². The van der Waals surface area contributed by atoms with E-state index in [-0.39, 0.29) is 5.41 Å². The van der Waals surface area contributed by atoms with Crippen LogP contribution >= 0.6 is 0 Å². The summed E-state index contributed by atoms with van der Waals surface area (Å²) in [6.45, 7) is 6.43. The molecule has 1 N–H and O–H groups in total. The maximum atomic E-state index is 10.3. The number of pyridine rings is 1. The number of aromatic nitrogens is 1. The second-order valence-corrected chi connectivity index (χ2v) is 5.72. The molecule has 90 valence electrons. The number of nitrogens with zero attached hydrogens (tertiary/aromatic N) is 1. The maximum absolute atomic E-state index is 10.3. The number of fused-ring (bicyclic) bond motifs is 1. The van der Waals surface area contributed by atoms with Gasteiger partial charge in [0.05, 0.1) is 6.10 Å². The first-order chi connectivity index (χ1) is 7.97. The van der Waals surface area contributed by atoms with E-state index in [9.17, 15) is 5.11 Å². The maximum Gasteiger partial charge on any atom is 0.0801 e. The van der Waals surface area contributed by atoms with Gasteiger partial charge in [0, 0.05) is 17.8 Å². The van der Waals surface area contributed by atoms with E-state index in [0.29, 0.717) is 0 Å². The smallest absolute Gasteiger partial charge is 0.0801 e. The van der Waals surface area contributed by atoms with Gasteiger partial charge >= 0.3 is 0 Å². The van der Waals surface area contributed by atoms with E-state index >= 15 is 0 Å². The fourth-order valence-electron chi connectivity index (χ4n) is 2.13. The summed E-state index contributed by atoms with van der Waals surface area (Å²) in [7, 11) is 0. The van der Waals surface area contributed by atoms with Crippen molar-refractivity contribution in [2.75, 3.05) is 0 Å². The summed E-state index contributed by atoms with van der Waals surface area (Å²) >= 11 is 0. The van der Waals surface area contributed by atoms with Gasteiger partial charge in [-0.3, -0.25) is 4.98 Å². The molecule has 0 radical (unpaired) electrons. The molecule has 2 aromatic rings. The van der Waals surface area contributed by atoms with E-state index in [1.807, 2.05) is 30.5 Å². The summed E-state index contributed by atoms with van der Waals surface area (Å²) in [6, 6.07) is 7.97. The van der Waals surface area contributed by atoms with Gasteiger partial charge in [0.25, 0.3) is 0 Å². The third kappa shape index (κ3) is 2.83. The predicted octanol–water partition coefficient (Wildman–Crippen LogP) is 3.70. The molecule has 0 saturated heterocycles. The van der Waals surface area contributed by atoms with Crippen LogP contribution in [0.3, 0.4) is 0 Å². The Morgan fingerprint density at radius 1 is 1.24 bits per heavy atom. The summed E-state index contributed by atoms with van der Waals surface area (Å²) in [6.07, 6.45) is 3.95. The van der Waals surface area contributed by atoms with Crippen LogP contribution in [0.1, 0.15) is 38.9 Å². The lowest BCUT2D eigenvalue weighted by molar-refractivity contribution is 0.123. The van der Waals surface area contributed by atoms with Crippen LogP contribution in [0, 0.1) is 5.41 Å². The average molecular weight is 229 g/mol. The molecule has 0 saturated carbocycles. The van der Waals surface area contributed by atoms with Gasteiger partial charge in [-0.2, -0.15) is 0 Å². The Bertz CT molecular complexity index is 508. The molecule has 2 nitrogen and oxygen atoms in total. The Morgan fingerprint density at radius 3 is 2.71 bits per heavy atom. The van der Waals surface area contributed by atoms with Gasteiger partial charge in [0.1, 0.15) is 0 Å². The molecule has 1 aromatic heterocycles. The predicted molar refractivity (Wildman–Crippen MR) is 70.8 cm³/mol. The quantitative estimate of drug-likeness (QED) is 0.851. The molecule has 0 spiro atoms. The molecule has 0 aliphatic carbocycles. The number of benzene rings is 1. The Morgan fingerprint density at radius 2 is 2.00 bits per heavy atom. The van der Waals surface area contributed by atoms with Crippen LogP contribution in [0.4, 0.5) is 0 Å². The molecule has 0 amide bonds. The lowest BCUT2D eigenvalue weighted by Crippen LogP contribution is -2.11. The molecule has 0 aliphatic heterocycles. The van der Waals surface area contributed by atoms with Crippen molar-refractivity contribution < 1.29 is 5.11 Å². The van der Waals surface area contributed by atoms with Crippen molar-refractivity contribution in [1.82, 2.24) is 4.98 Å². The third-order valence-corrected chi connectivity index (χ3v) is 2.88. The van der Waals surface area contributed by atoms with Crippen molar-refractivity contribution in [2.45, 2.75) is 33.3 Å². The minimum Gasteiger partial charge on any atom is -0.388 e. The molecule has 0 fully saturated rings. The van der Waals surface area contributed by atoms with Crippen molar-refractivity contribution in [3.63, 3.8) is 0 Å². The highest BCUT2D eigenvalue weighted by atomic mass is 16.3. The standard InChI is InChI=1S/C15H19NO/c1-15(2,3)9-14(17)13-6-4-5-11-10-16-8-7-12(11)13/h4-8,10,14,17H,9H2,1-3H3. The van der Waals surface area contributed by atoms with Crippen molar-refractivity contribution >= 4 is 10.8 Å². The van der Waals surface area contributed by atoms with Crippen LogP contribution in [0.25, 0.3) is 10.8 Å². The van der Waals surface area contributed by atoms with Crippen molar-refractivity contribution in [1.29, 1.82) is 0 Å². The zero-order chi connectivity index (χ0) is 12.5. The zero-order valence-electron chi connectivity index (χ0n) is 10.6. The number of hydrogen-bond donors (Lipinski definition) is 1. The fraction of sp³-hybridized carbons (Fsp3) is 0.400. The molecule has 17 heavy (non-hydrogen) atoms. The van der Waals surface area contributed by atoms with E-state index in [1.54, 1.807) is 6.20 Å². The Labute approximate surface area is 102 Å². The molecule has 0 bridgehead atoms. The summed E-state index contributed by atoms with van der Waals surface area (Å²) < 4.78 is 0. The fourth-order valence-corrected chi connectivity index (χ4v) is 2.13. The van der Waals surface area contributed by atoms with Crippen LogP contribution in [-0.2, 0) is 0 Å². The molecule has 1 heterocycles. The monoisotopic (exact) mass is 229 g/mol. The summed E-state index contributed by atoms with van der Waals surface area (Å²) in [5, 5.41) is 12.5. The first kappa shape index (κ1) is 12.1. The second-order valence-electron chi connectivity index (χ2n) is 5.72. The number of rotatable bonds is 2. The number of aliphatic hydroxyl groups is 1. The van der Waals surface area contributed by atoms with Crippen molar-refractivity contribution in [3.05, 3.63) is 42.2 Å². The first-order valence-corrected chi connectivity index (χ1v) is 5.98. The van der Waals surface area contributed by atoms with Gasteiger partial charge in [-0.05, 0) is 28.9 Å². The third-order valence-electron chi connectivity index (χ3n) is 2.88. The van der Waals surface area contributed by atoms with Crippen LogP contribution < -0.4 is 0 Å². The molecular formula is C15H19NO. The number of aliphatic hydroxyl groups excluding tert-OH is 1. The van der Waals surface area contributed by atoms with E-state index in [2.05, 4.69) is 25.8 Å². The Balaban J connectivity index is 2.41. The van der Waals surface area contributed by atoms with Gasteiger partial charge in [-0.15, -0.1) is 0 Å². The van der Waals surface area contributed by atoms with Crippen molar-refractivity contribution in [3.8, 4) is 0 Å². The highest BCUT2D eigenvalue weighted by molar-refractivity contribution is 5.85. The highest BCUT2D eigenvalue weighted by Crippen LogP contribution is 2.32. The largest absolute Gasteiger partial charge is 0.388 e. The molecule has 2 heteroatoms. The minimum absolute atomic E-state index is 0.120. The van der Waals surface area contributed by atoms with E-state index in [4.69, 9.17) is 0 Å². The molecule has 1 unspecified atom stereocenters. The highest BCUT2D eigenvalue weighted by Gasteiger charge is 2.19. The van der Waals surface area contributed by atoms with Crippen LogP contribution in [0.15, 0.2) is 36.7 Å². The zero-order valence-corrected chi connectivity index (χ0v) is 10.6. The normalized spacial score (nSPS) is 13.9. The van der Waals surface area contributed by atoms with E-state index in [1.165, 1.54) is 0 Å². The minimum atomic E-state index is -0.416. The molecule has 1 atom stereocenters. The van der Waals surface area contributed by atoms with E-state index in [0.717, 1.165) is 22.8 Å². The molecule has 1 aromatic carbocycles. The van der Waals surface area contributed by atoms with Gasteiger partial charge < -0.3 is 5.11 Å². The lowest BCUT2D eigenvalue weighted by atomic mass is 9.86. The Hall–Kier alpha value is -1.41. The Kier molecular flexibility index (Phi) is 3.16. The van der Waals surface area contributed by atoms with Gasteiger partial charge in [0.15, 0.2) is 0 Å². The second kappa shape index (κ2) is 4.46. The average Bonchev–Trinajstić information content (AvgIpc) is 2.26. The van der Waals surface area contributed by atoms with E-state index < -0.39 is 6.10 Å². The summed E-state index contributed by atoms with van der Waals surface area (Å²) in [5.41, 5.74) is 1.12. The van der Waals surface area contributed by atoms with Gasteiger partial charge in [-0.25, -0.2) is 0 Å². The molecule has 2 rings (SSSR count).